The Kier molecular flexibility index (Phi) is 4.65. The summed E-state index contributed by atoms with van der Waals surface area (Å²) in [6.45, 7) is 3.87. The highest BCUT2D eigenvalue weighted by Gasteiger charge is 2.25. The Balaban J connectivity index is 2.67. The summed E-state index contributed by atoms with van der Waals surface area (Å²) in [4.78, 5) is 11.8. The number of hydrogen-bond donors (Lipinski definition) is 2. The Bertz CT molecular complexity index is 332. The molecular formula is C13H18O3. The van der Waals surface area contributed by atoms with Crippen molar-refractivity contribution in [3.63, 3.8) is 0 Å². The van der Waals surface area contributed by atoms with Crippen molar-refractivity contribution in [1.29, 1.82) is 0 Å². The molecule has 0 aliphatic carbocycles. The minimum atomic E-state index is -1.33. The molecule has 0 saturated heterocycles. The van der Waals surface area contributed by atoms with Crippen LogP contribution in [0.2, 0.25) is 0 Å². The Morgan fingerprint density at radius 1 is 1.19 bits per heavy atom. The summed E-state index contributed by atoms with van der Waals surface area (Å²) in [7, 11) is 0. The first kappa shape index (κ1) is 12.9. The lowest BCUT2D eigenvalue weighted by molar-refractivity contribution is 0.0127. The highest BCUT2D eigenvalue weighted by atomic mass is 16.3. The van der Waals surface area contributed by atoms with E-state index in [1.54, 1.807) is 30.3 Å². The van der Waals surface area contributed by atoms with E-state index < -0.39 is 18.0 Å². The molecular weight excluding hydrogens is 204 g/mol. The highest BCUT2D eigenvalue weighted by molar-refractivity contribution is 5.99. The summed E-state index contributed by atoms with van der Waals surface area (Å²) in [5.74, 6) is -0.179. The van der Waals surface area contributed by atoms with Crippen LogP contribution in [0.5, 0.6) is 0 Å². The van der Waals surface area contributed by atoms with E-state index in [1.807, 2.05) is 13.8 Å². The normalized spacial score (nSPS) is 14.8. The lowest BCUT2D eigenvalue weighted by Gasteiger charge is -2.18. The van der Waals surface area contributed by atoms with Crippen LogP contribution in [-0.2, 0) is 0 Å². The molecule has 2 N–H and O–H groups in total. The molecule has 0 spiro atoms. The van der Waals surface area contributed by atoms with Crippen LogP contribution in [0.25, 0.3) is 0 Å². The van der Waals surface area contributed by atoms with Gasteiger partial charge in [-0.2, -0.15) is 0 Å². The van der Waals surface area contributed by atoms with Gasteiger partial charge in [-0.3, -0.25) is 4.79 Å². The van der Waals surface area contributed by atoms with Crippen LogP contribution in [0.4, 0.5) is 0 Å². The van der Waals surface area contributed by atoms with Crippen LogP contribution >= 0.6 is 0 Å². The van der Waals surface area contributed by atoms with Crippen LogP contribution in [0.15, 0.2) is 30.3 Å². The third-order valence-corrected chi connectivity index (χ3v) is 2.40. The number of aliphatic hydroxyl groups is 2. The Hall–Kier alpha value is -1.19. The molecule has 0 fully saturated rings. The lowest BCUT2D eigenvalue weighted by atomic mass is 9.96. The SMILES string of the molecule is CC(C)C[C@H](O)[C@@H](O)C(=O)c1ccccc1. The van der Waals surface area contributed by atoms with Crippen molar-refractivity contribution in [2.45, 2.75) is 32.5 Å². The number of ketones is 1. The van der Waals surface area contributed by atoms with E-state index in [2.05, 4.69) is 0 Å². The minimum Gasteiger partial charge on any atom is -0.390 e. The van der Waals surface area contributed by atoms with Crippen molar-refractivity contribution >= 4 is 5.78 Å². The van der Waals surface area contributed by atoms with Gasteiger partial charge in [0.2, 0.25) is 0 Å². The first-order valence-electron chi connectivity index (χ1n) is 5.47. The van der Waals surface area contributed by atoms with Crippen molar-refractivity contribution in [3.05, 3.63) is 35.9 Å². The second-order valence-corrected chi connectivity index (χ2v) is 4.37. The van der Waals surface area contributed by atoms with Crippen molar-refractivity contribution in [3.8, 4) is 0 Å². The molecule has 3 nitrogen and oxygen atoms in total. The maximum atomic E-state index is 11.8. The zero-order valence-electron chi connectivity index (χ0n) is 9.63. The second-order valence-electron chi connectivity index (χ2n) is 4.37. The second kappa shape index (κ2) is 5.77. The average Bonchev–Trinajstić information content (AvgIpc) is 2.27. The van der Waals surface area contributed by atoms with E-state index in [0.717, 1.165) is 0 Å². The van der Waals surface area contributed by atoms with Crippen LogP contribution in [-0.4, -0.2) is 28.2 Å². The van der Waals surface area contributed by atoms with Crippen molar-refractivity contribution in [2.24, 2.45) is 5.92 Å². The number of benzene rings is 1. The molecule has 0 heterocycles. The maximum Gasteiger partial charge on any atom is 0.193 e. The molecule has 0 aromatic heterocycles. The third kappa shape index (κ3) is 3.43. The van der Waals surface area contributed by atoms with Gasteiger partial charge in [-0.1, -0.05) is 44.2 Å². The Morgan fingerprint density at radius 3 is 2.25 bits per heavy atom. The molecule has 0 unspecified atom stereocenters. The first-order valence-corrected chi connectivity index (χ1v) is 5.47. The summed E-state index contributed by atoms with van der Waals surface area (Å²) < 4.78 is 0. The number of Topliss-reactive ketones (excluding diaryl/α,β-unsaturated/α-hetero) is 1. The largest absolute Gasteiger partial charge is 0.390 e. The van der Waals surface area contributed by atoms with E-state index in [9.17, 15) is 15.0 Å². The molecule has 1 aromatic carbocycles. The van der Waals surface area contributed by atoms with Crippen molar-refractivity contribution in [1.82, 2.24) is 0 Å². The zero-order chi connectivity index (χ0) is 12.1. The number of aliphatic hydroxyl groups excluding tert-OH is 2. The number of hydrogen-bond acceptors (Lipinski definition) is 3. The Morgan fingerprint density at radius 2 is 1.75 bits per heavy atom. The van der Waals surface area contributed by atoms with Gasteiger partial charge in [0.15, 0.2) is 5.78 Å². The van der Waals surface area contributed by atoms with Gasteiger partial charge < -0.3 is 10.2 Å². The van der Waals surface area contributed by atoms with Gasteiger partial charge in [-0.15, -0.1) is 0 Å². The smallest absolute Gasteiger partial charge is 0.193 e. The molecule has 3 heteroatoms. The standard InChI is InChI=1S/C13H18O3/c1-9(2)8-11(14)13(16)12(15)10-6-4-3-5-7-10/h3-7,9,11,13-14,16H,8H2,1-2H3/t11-,13+/m0/s1. The zero-order valence-corrected chi connectivity index (χ0v) is 9.63. The fraction of sp³-hybridized carbons (Fsp3) is 0.462. The fourth-order valence-corrected chi connectivity index (χ4v) is 1.56. The number of rotatable bonds is 5. The summed E-state index contributed by atoms with van der Waals surface area (Å²) in [5.41, 5.74) is 0.429. The maximum absolute atomic E-state index is 11.8. The molecule has 2 atom stereocenters. The number of carbonyl (C=O) groups is 1. The molecule has 0 radical (unpaired) electrons. The van der Waals surface area contributed by atoms with Gasteiger partial charge in [-0.25, -0.2) is 0 Å². The van der Waals surface area contributed by atoms with Crippen LogP contribution in [0, 0.1) is 5.92 Å². The summed E-state index contributed by atoms with van der Waals surface area (Å²) in [5, 5.41) is 19.3. The van der Waals surface area contributed by atoms with Gasteiger partial charge in [-0.05, 0) is 12.3 Å². The monoisotopic (exact) mass is 222 g/mol. The van der Waals surface area contributed by atoms with E-state index in [-0.39, 0.29) is 5.92 Å². The van der Waals surface area contributed by atoms with Gasteiger partial charge in [0.1, 0.15) is 6.10 Å². The first-order chi connectivity index (χ1) is 7.52. The van der Waals surface area contributed by atoms with Crippen LogP contribution in [0.3, 0.4) is 0 Å². The summed E-state index contributed by atoms with van der Waals surface area (Å²) >= 11 is 0. The topological polar surface area (TPSA) is 57.5 Å². The molecule has 0 aliphatic rings. The third-order valence-electron chi connectivity index (χ3n) is 2.40. The van der Waals surface area contributed by atoms with E-state index in [0.29, 0.717) is 12.0 Å². The van der Waals surface area contributed by atoms with E-state index >= 15 is 0 Å². The van der Waals surface area contributed by atoms with Gasteiger partial charge in [0.05, 0.1) is 6.10 Å². The minimum absolute atomic E-state index is 0.244. The predicted octanol–water partition coefficient (Wildman–Crippen LogP) is 1.64. The molecule has 1 aromatic rings. The fourth-order valence-electron chi connectivity index (χ4n) is 1.56. The van der Waals surface area contributed by atoms with E-state index in [1.165, 1.54) is 0 Å². The lowest BCUT2D eigenvalue weighted by Crippen LogP contribution is -2.34. The van der Waals surface area contributed by atoms with Gasteiger partial charge >= 0.3 is 0 Å². The molecule has 16 heavy (non-hydrogen) atoms. The summed E-state index contributed by atoms with van der Waals surface area (Å²) in [6, 6.07) is 8.53. The Labute approximate surface area is 95.7 Å². The van der Waals surface area contributed by atoms with Gasteiger partial charge in [0, 0.05) is 5.56 Å². The van der Waals surface area contributed by atoms with Crippen LogP contribution in [0.1, 0.15) is 30.6 Å². The van der Waals surface area contributed by atoms with Crippen LogP contribution < -0.4 is 0 Å². The number of carbonyl (C=O) groups excluding carboxylic acids is 1. The highest BCUT2D eigenvalue weighted by Crippen LogP contribution is 2.12. The molecule has 0 bridgehead atoms. The van der Waals surface area contributed by atoms with Gasteiger partial charge in [0.25, 0.3) is 0 Å². The molecule has 1 rings (SSSR count). The molecule has 0 amide bonds. The average molecular weight is 222 g/mol. The van der Waals surface area contributed by atoms with Crippen molar-refractivity contribution < 1.29 is 15.0 Å². The van der Waals surface area contributed by atoms with Crippen molar-refractivity contribution in [2.75, 3.05) is 0 Å². The summed E-state index contributed by atoms with van der Waals surface area (Å²) in [6.07, 6.45) is -1.91. The molecule has 0 saturated carbocycles. The molecule has 0 aliphatic heterocycles. The molecule has 88 valence electrons. The predicted molar refractivity (Wildman–Crippen MR) is 62.2 cm³/mol. The van der Waals surface area contributed by atoms with E-state index in [4.69, 9.17) is 0 Å². The quantitative estimate of drug-likeness (QED) is 0.744.